The van der Waals surface area contributed by atoms with Crippen LogP contribution in [0.1, 0.15) is 303 Å². The van der Waals surface area contributed by atoms with E-state index in [0.29, 0.717) is 25.9 Å². The lowest BCUT2D eigenvalue weighted by Gasteiger charge is -2.22. The van der Waals surface area contributed by atoms with Gasteiger partial charge in [0.15, 0.2) is 0 Å². The molecule has 0 aliphatic rings. The molecule has 0 aromatic heterocycles. The number of ether oxygens (including phenoxy) is 1. The fourth-order valence-corrected chi connectivity index (χ4v) is 8.52. The lowest BCUT2D eigenvalue weighted by atomic mass is 10.0. The van der Waals surface area contributed by atoms with Crippen LogP contribution < -0.4 is 5.32 Å². The quantitative estimate of drug-likeness (QED) is 0.0419. The number of aliphatic hydroxyl groups is 2. The average molecular weight is 836 g/mol. The van der Waals surface area contributed by atoms with E-state index in [-0.39, 0.29) is 18.5 Å². The second-order valence-corrected chi connectivity index (χ2v) is 18.6. The summed E-state index contributed by atoms with van der Waals surface area (Å²) >= 11 is 0. The molecule has 0 bridgehead atoms. The van der Waals surface area contributed by atoms with Crippen LogP contribution >= 0.6 is 0 Å². The summed E-state index contributed by atoms with van der Waals surface area (Å²) in [6, 6.07) is -0.537. The monoisotopic (exact) mass is 836 g/mol. The van der Waals surface area contributed by atoms with Crippen LogP contribution in [0.3, 0.4) is 0 Å². The zero-order valence-electron chi connectivity index (χ0n) is 40.0. The van der Waals surface area contributed by atoms with E-state index in [2.05, 4.69) is 19.2 Å². The molecule has 2 atom stereocenters. The van der Waals surface area contributed by atoms with Gasteiger partial charge in [-0.25, -0.2) is 0 Å². The molecule has 0 saturated carbocycles. The second kappa shape index (κ2) is 49.5. The Morgan fingerprint density at radius 2 is 0.695 bits per heavy atom. The van der Waals surface area contributed by atoms with Crippen LogP contribution in [0.15, 0.2) is 0 Å². The molecule has 6 nitrogen and oxygen atoms in total. The zero-order chi connectivity index (χ0) is 43.0. The molecule has 0 rings (SSSR count). The molecule has 3 N–H and O–H groups in total. The van der Waals surface area contributed by atoms with Gasteiger partial charge in [0.1, 0.15) is 0 Å². The number of carbonyl (C=O) groups excluding carboxylic acids is 2. The van der Waals surface area contributed by atoms with Gasteiger partial charge in [-0.2, -0.15) is 0 Å². The van der Waals surface area contributed by atoms with Crippen molar-refractivity contribution in [3.8, 4) is 0 Å². The van der Waals surface area contributed by atoms with Crippen LogP contribution in [0, 0.1) is 0 Å². The van der Waals surface area contributed by atoms with Crippen molar-refractivity contribution in [3.05, 3.63) is 0 Å². The zero-order valence-corrected chi connectivity index (χ0v) is 40.0. The summed E-state index contributed by atoms with van der Waals surface area (Å²) in [4.78, 5) is 24.4. The molecular weight excluding hydrogens is 731 g/mol. The van der Waals surface area contributed by atoms with E-state index in [1.807, 2.05) is 0 Å². The minimum Gasteiger partial charge on any atom is -0.466 e. The maximum Gasteiger partial charge on any atom is 0.305 e. The van der Waals surface area contributed by atoms with Gasteiger partial charge in [-0.15, -0.1) is 0 Å². The topological polar surface area (TPSA) is 95.9 Å². The van der Waals surface area contributed by atoms with E-state index in [0.717, 1.165) is 38.5 Å². The highest BCUT2D eigenvalue weighted by Crippen LogP contribution is 2.17. The van der Waals surface area contributed by atoms with Crippen molar-refractivity contribution in [2.75, 3.05) is 13.2 Å². The van der Waals surface area contributed by atoms with Crippen LogP contribution in [0.4, 0.5) is 0 Å². The number of unbranched alkanes of at least 4 members (excludes halogenated alkanes) is 39. The summed E-state index contributed by atoms with van der Waals surface area (Å²) in [7, 11) is 0. The van der Waals surface area contributed by atoms with E-state index < -0.39 is 12.1 Å². The van der Waals surface area contributed by atoms with Gasteiger partial charge < -0.3 is 20.3 Å². The summed E-state index contributed by atoms with van der Waals surface area (Å²) < 4.78 is 5.46. The van der Waals surface area contributed by atoms with Gasteiger partial charge in [-0.3, -0.25) is 9.59 Å². The summed E-state index contributed by atoms with van der Waals surface area (Å²) in [6.45, 7) is 4.94. The van der Waals surface area contributed by atoms with Crippen LogP contribution in [0.5, 0.6) is 0 Å². The molecule has 0 spiro atoms. The van der Waals surface area contributed by atoms with Crippen LogP contribution in [0.25, 0.3) is 0 Å². The fourth-order valence-electron chi connectivity index (χ4n) is 8.52. The molecule has 0 aliphatic carbocycles. The highest BCUT2D eigenvalue weighted by Gasteiger charge is 2.20. The second-order valence-electron chi connectivity index (χ2n) is 18.6. The number of rotatable bonds is 50. The first-order chi connectivity index (χ1) is 29.0. The molecule has 1 amide bonds. The number of aliphatic hydroxyl groups excluding tert-OH is 2. The predicted octanol–water partition coefficient (Wildman–Crippen LogP) is 16.0. The third kappa shape index (κ3) is 46.2. The Morgan fingerprint density at radius 1 is 0.407 bits per heavy atom. The van der Waals surface area contributed by atoms with Gasteiger partial charge in [-0.05, 0) is 25.7 Å². The number of esters is 1. The summed E-state index contributed by atoms with van der Waals surface area (Å²) in [5.74, 6) is -0.0232. The summed E-state index contributed by atoms with van der Waals surface area (Å²) in [5.41, 5.74) is 0. The Morgan fingerprint density at radius 3 is 1.03 bits per heavy atom. The number of carbonyl (C=O) groups is 2. The van der Waals surface area contributed by atoms with E-state index in [9.17, 15) is 19.8 Å². The SMILES string of the molecule is CCCCCCCCCCCCCC(=O)OCCCCCCCCCCCCCCCCCCCCCCCCC(=O)NC(CO)C(O)CCCCCCCCCCC. The van der Waals surface area contributed by atoms with Crippen molar-refractivity contribution in [1.29, 1.82) is 0 Å². The Hall–Kier alpha value is -1.14. The molecule has 2 unspecified atom stereocenters. The Balaban J connectivity index is 3.34. The van der Waals surface area contributed by atoms with Crippen LogP contribution in [-0.4, -0.2) is 47.4 Å². The molecular formula is C53H105NO5. The van der Waals surface area contributed by atoms with Crippen LogP contribution in [0.2, 0.25) is 0 Å². The largest absolute Gasteiger partial charge is 0.466 e. The van der Waals surface area contributed by atoms with Crippen molar-refractivity contribution < 1.29 is 24.5 Å². The van der Waals surface area contributed by atoms with Crippen molar-refractivity contribution in [3.63, 3.8) is 0 Å². The highest BCUT2D eigenvalue weighted by molar-refractivity contribution is 5.76. The van der Waals surface area contributed by atoms with Gasteiger partial charge in [0.05, 0.1) is 25.4 Å². The molecule has 0 aromatic carbocycles. The fraction of sp³-hybridized carbons (Fsp3) is 0.962. The lowest BCUT2D eigenvalue weighted by molar-refractivity contribution is -0.143. The minimum absolute atomic E-state index is 0.0132. The third-order valence-electron chi connectivity index (χ3n) is 12.7. The maximum atomic E-state index is 12.4. The third-order valence-corrected chi connectivity index (χ3v) is 12.7. The molecule has 0 fully saturated rings. The van der Waals surface area contributed by atoms with Gasteiger partial charge in [-0.1, -0.05) is 264 Å². The first-order valence-electron chi connectivity index (χ1n) is 26.8. The summed E-state index contributed by atoms with van der Waals surface area (Å²) in [5, 5.41) is 23.1. The van der Waals surface area contributed by atoms with Crippen molar-refractivity contribution in [2.45, 2.75) is 315 Å². The van der Waals surface area contributed by atoms with Gasteiger partial charge >= 0.3 is 5.97 Å². The predicted molar refractivity (Wildman–Crippen MR) is 255 cm³/mol. The number of amides is 1. The first-order valence-corrected chi connectivity index (χ1v) is 26.8. The molecule has 352 valence electrons. The number of nitrogens with one attached hydrogen (secondary N) is 1. The normalized spacial score (nSPS) is 12.5. The first kappa shape index (κ1) is 57.9. The van der Waals surface area contributed by atoms with Crippen molar-refractivity contribution in [2.24, 2.45) is 0 Å². The van der Waals surface area contributed by atoms with E-state index in [1.54, 1.807) is 0 Å². The smallest absolute Gasteiger partial charge is 0.305 e. The average Bonchev–Trinajstić information content (AvgIpc) is 3.24. The van der Waals surface area contributed by atoms with E-state index >= 15 is 0 Å². The summed E-state index contributed by atoms with van der Waals surface area (Å²) in [6.07, 6.45) is 55.2. The molecule has 0 aromatic rings. The Kier molecular flexibility index (Phi) is 48.6. The standard InChI is InChI=1S/C53H105NO5/c1-3-5-7-9-11-13-26-31-35-39-43-47-53(58)59-48-44-40-36-32-28-25-23-21-19-17-15-14-16-18-20-22-24-27-30-34-38-42-46-52(57)54-50(49-55)51(56)45-41-37-33-29-12-10-8-6-4-2/h50-51,55-56H,3-49H2,1-2H3,(H,54,57). The number of hydrogen-bond acceptors (Lipinski definition) is 5. The molecule has 59 heavy (non-hydrogen) atoms. The molecule has 0 radical (unpaired) electrons. The lowest BCUT2D eigenvalue weighted by Crippen LogP contribution is -2.45. The van der Waals surface area contributed by atoms with E-state index in [4.69, 9.17) is 4.74 Å². The van der Waals surface area contributed by atoms with Gasteiger partial charge in [0, 0.05) is 12.8 Å². The Bertz CT molecular complexity index is 837. The highest BCUT2D eigenvalue weighted by atomic mass is 16.5. The van der Waals surface area contributed by atoms with Crippen molar-refractivity contribution in [1.82, 2.24) is 5.32 Å². The van der Waals surface area contributed by atoms with E-state index in [1.165, 1.54) is 231 Å². The minimum atomic E-state index is -0.660. The van der Waals surface area contributed by atoms with Gasteiger partial charge in [0.25, 0.3) is 0 Å². The number of hydrogen-bond donors (Lipinski definition) is 3. The molecule has 0 heterocycles. The maximum absolute atomic E-state index is 12.4. The molecule has 0 aliphatic heterocycles. The molecule has 0 saturated heterocycles. The van der Waals surface area contributed by atoms with Gasteiger partial charge in [0.2, 0.25) is 5.91 Å². The molecule has 6 heteroatoms. The Labute approximate surface area is 368 Å². The van der Waals surface area contributed by atoms with Crippen LogP contribution in [-0.2, 0) is 14.3 Å². The van der Waals surface area contributed by atoms with Crippen molar-refractivity contribution >= 4 is 11.9 Å².